The molecule has 0 unspecified atom stereocenters. The Morgan fingerprint density at radius 3 is 2.31 bits per heavy atom. The second-order valence-corrected chi connectivity index (χ2v) is 3.72. The molecule has 2 rings (SSSR count). The third-order valence-electron chi connectivity index (χ3n) is 2.35. The molecular weight excluding hydrogens is 194 g/mol. The Morgan fingerprint density at radius 1 is 1.31 bits per heavy atom. The highest BCUT2D eigenvalue weighted by Crippen LogP contribution is 2.08. The molecule has 1 heterocycles. The summed E-state index contributed by atoms with van der Waals surface area (Å²) in [5, 5.41) is 0. The van der Waals surface area contributed by atoms with Crippen LogP contribution in [0.15, 0.2) is 61.5 Å². The van der Waals surface area contributed by atoms with Crippen LogP contribution in [0.5, 0.6) is 0 Å². The predicted octanol–water partition coefficient (Wildman–Crippen LogP) is 4.07. The van der Waals surface area contributed by atoms with E-state index in [1.54, 1.807) is 0 Å². The standard InChI is InChI=1S/C8H8.C7H11N/c1-2-8-6-4-3-5-7-8;1-7(2)8-5-3-4-6-8/h2-7H,1H2;3,5H,1,4,6H2,2H3. The van der Waals surface area contributed by atoms with Crippen molar-refractivity contribution < 1.29 is 0 Å². The maximum absolute atomic E-state index is 3.81. The normalized spacial score (nSPS) is 12.9. The molecule has 1 aliphatic rings. The highest BCUT2D eigenvalue weighted by atomic mass is 15.1. The number of hydrogen-bond acceptors (Lipinski definition) is 1. The van der Waals surface area contributed by atoms with Gasteiger partial charge in [-0.1, -0.05) is 55.6 Å². The molecule has 1 aromatic rings. The van der Waals surface area contributed by atoms with E-state index in [1.165, 1.54) is 12.0 Å². The van der Waals surface area contributed by atoms with Crippen LogP contribution in [-0.2, 0) is 0 Å². The van der Waals surface area contributed by atoms with Gasteiger partial charge < -0.3 is 4.90 Å². The molecular formula is C15H19N. The maximum atomic E-state index is 3.81. The van der Waals surface area contributed by atoms with Crippen LogP contribution in [-0.4, -0.2) is 11.4 Å². The summed E-state index contributed by atoms with van der Waals surface area (Å²) in [6.45, 7) is 10.6. The topological polar surface area (TPSA) is 3.24 Å². The summed E-state index contributed by atoms with van der Waals surface area (Å²) in [7, 11) is 0. The maximum Gasteiger partial charge on any atom is 0.0256 e. The molecule has 84 valence electrons. The zero-order valence-electron chi connectivity index (χ0n) is 9.89. The molecule has 0 radical (unpaired) electrons. The van der Waals surface area contributed by atoms with E-state index in [9.17, 15) is 0 Å². The van der Waals surface area contributed by atoms with Crippen molar-refractivity contribution in [3.8, 4) is 0 Å². The lowest BCUT2D eigenvalue weighted by atomic mass is 10.2. The number of benzene rings is 1. The van der Waals surface area contributed by atoms with Crippen LogP contribution < -0.4 is 0 Å². The van der Waals surface area contributed by atoms with Gasteiger partial charge in [0.2, 0.25) is 0 Å². The molecule has 0 aromatic heterocycles. The summed E-state index contributed by atoms with van der Waals surface area (Å²) in [6.07, 6.45) is 7.25. The summed E-state index contributed by atoms with van der Waals surface area (Å²) in [6, 6.07) is 10.0. The van der Waals surface area contributed by atoms with Gasteiger partial charge in [0.15, 0.2) is 0 Å². The SMILES string of the molecule is C=C(C)N1C=CCC1.C=Cc1ccccc1. The molecule has 1 heteroatoms. The van der Waals surface area contributed by atoms with Gasteiger partial charge in [-0.3, -0.25) is 0 Å². The van der Waals surface area contributed by atoms with Crippen molar-refractivity contribution in [2.45, 2.75) is 13.3 Å². The molecule has 0 fully saturated rings. The lowest BCUT2D eigenvalue weighted by Crippen LogP contribution is -2.09. The molecule has 0 saturated heterocycles. The lowest BCUT2D eigenvalue weighted by molar-refractivity contribution is 0.506. The molecule has 0 saturated carbocycles. The average molecular weight is 213 g/mol. The van der Waals surface area contributed by atoms with Gasteiger partial charge in [-0.25, -0.2) is 0 Å². The van der Waals surface area contributed by atoms with Crippen LogP contribution >= 0.6 is 0 Å². The van der Waals surface area contributed by atoms with Crippen molar-refractivity contribution in [1.82, 2.24) is 4.90 Å². The fourth-order valence-electron chi connectivity index (χ4n) is 1.40. The zero-order chi connectivity index (χ0) is 11.8. The number of hydrogen-bond donors (Lipinski definition) is 0. The molecule has 1 aromatic carbocycles. The molecule has 1 nitrogen and oxygen atoms in total. The van der Waals surface area contributed by atoms with Gasteiger partial charge in [-0.05, 0) is 25.1 Å². The molecule has 0 aliphatic carbocycles. The van der Waals surface area contributed by atoms with E-state index in [4.69, 9.17) is 0 Å². The van der Waals surface area contributed by atoms with E-state index < -0.39 is 0 Å². The van der Waals surface area contributed by atoms with Crippen molar-refractivity contribution in [2.75, 3.05) is 6.54 Å². The molecule has 0 bridgehead atoms. The third kappa shape index (κ3) is 4.18. The summed E-state index contributed by atoms with van der Waals surface area (Å²) in [5.41, 5.74) is 2.31. The number of rotatable bonds is 2. The Kier molecular flexibility index (Phi) is 5.13. The van der Waals surface area contributed by atoms with Gasteiger partial charge in [0.25, 0.3) is 0 Å². The molecule has 0 amide bonds. The van der Waals surface area contributed by atoms with Crippen LogP contribution in [0.2, 0.25) is 0 Å². The van der Waals surface area contributed by atoms with E-state index in [0.717, 1.165) is 12.2 Å². The largest absolute Gasteiger partial charge is 0.352 e. The monoisotopic (exact) mass is 213 g/mol. The van der Waals surface area contributed by atoms with Gasteiger partial charge in [0, 0.05) is 12.2 Å². The molecule has 1 aliphatic heterocycles. The van der Waals surface area contributed by atoms with Crippen molar-refractivity contribution >= 4 is 6.08 Å². The first kappa shape index (κ1) is 12.3. The van der Waals surface area contributed by atoms with Crippen LogP contribution in [0.25, 0.3) is 6.08 Å². The van der Waals surface area contributed by atoms with Crippen LogP contribution in [0, 0.1) is 0 Å². The fraction of sp³-hybridized carbons (Fsp3) is 0.200. The van der Waals surface area contributed by atoms with E-state index in [-0.39, 0.29) is 0 Å². The Hall–Kier alpha value is -1.76. The first-order chi connectivity index (χ1) is 7.74. The molecule has 0 N–H and O–H groups in total. The van der Waals surface area contributed by atoms with Gasteiger partial charge in [-0.2, -0.15) is 0 Å². The minimum absolute atomic E-state index is 1.12. The molecule has 0 spiro atoms. The van der Waals surface area contributed by atoms with Gasteiger partial charge in [-0.15, -0.1) is 0 Å². The smallest absolute Gasteiger partial charge is 0.0256 e. The van der Waals surface area contributed by atoms with E-state index >= 15 is 0 Å². The molecule has 0 atom stereocenters. The van der Waals surface area contributed by atoms with Gasteiger partial charge in [0.05, 0.1) is 0 Å². The summed E-state index contributed by atoms with van der Waals surface area (Å²) in [5.74, 6) is 0. The Balaban J connectivity index is 0.000000160. The molecule has 16 heavy (non-hydrogen) atoms. The van der Waals surface area contributed by atoms with Crippen LogP contribution in [0.1, 0.15) is 18.9 Å². The van der Waals surface area contributed by atoms with E-state index in [2.05, 4.69) is 30.3 Å². The van der Waals surface area contributed by atoms with Crippen molar-refractivity contribution in [3.05, 3.63) is 67.0 Å². The predicted molar refractivity (Wildman–Crippen MR) is 71.8 cm³/mol. The quantitative estimate of drug-likeness (QED) is 0.715. The van der Waals surface area contributed by atoms with Crippen molar-refractivity contribution in [2.24, 2.45) is 0 Å². The third-order valence-corrected chi connectivity index (χ3v) is 2.35. The van der Waals surface area contributed by atoms with E-state index in [1.807, 2.05) is 43.3 Å². The Morgan fingerprint density at radius 2 is 2.00 bits per heavy atom. The van der Waals surface area contributed by atoms with Gasteiger partial charge in [0.1, 0.15) is 0 Å². The summed E-state index contributed by atoms with van der Waals surface area (Å²) in [4.78, 5) is 2.15. The fourth-order valence-corrected chi connectivity index (χ4v) is 1.40. The summed E-state index contributed by atoms with van der Waals surface area (Å²) < 4.78 is 0. The number of nitrogens with zero attached hydrogens (tertiary/aromatic N) is 1. The van der Waals surface area contributed by atoms with Crippen molar-refractivity contribution in [1.29, 1.82) is 0 Å². The Labute approximate surface area is 98.4 Å². The highest BCUT2D eigenvalue weighted by molar-refractivity contribution is 5.45. The Bertz CT molecular complexity index is 362. The van der Waals surface area contributed by atoms with E-state index in [0.29, 0.717) is 0 Å². The average Bonchev–Trinajstić information content (AvgIpc) is 2.85. The minimum atomic E-state index is 1.12. The van der Waals surface area contributed by atoms with Crippen LogP contribution in [0.4, 0.5) is 0 Å². The van der Waals surface area contributed by atoms with Crippen molar-refractivity contribution in [3.63, 3.8) is 0 Å². The minimum Gasteiger partial charge on any atom is -0.352 e. The second-order valence-electron chi connectivity index (χ2n) is 3.72. The first-order valence-corrected chi connectivity index (χ1v) is 5.50. The van der Waals surface area contributed by atoms with Crippen LogP contribution in [0.3, 0.4) is 0 Å². The number of allylic oxidation sites excluding steroid dienone is 1. The summed E-state index contributed by atoms with van der Waals surface area (Å²) >= 11 is 0. The van der Waals surface area contributed by atoms with Gasteiger partial charge >= 0.3 is 0 Å². The first-order valence-electron chi connectivity index (χ1n) is 5.50. The highest BCUT2D eigenvalue weighted by Gasteiger charge is 2.01. The zero-order valence-corrected chi connectivity index (χ0v) is 9.89. The second kappa shape index (κ2) is 6.67. The lowest BCUT2D eigenvalue weighted by Gasteiger charge is -2.13.